The summed E-state index contributed by atoms with van der Waals surface area (Å²) in [6.45, 7) is 10.5. The van der Waals surface area contributed by atoms with E-state index in [-0.39, 0.29) is 5.91 Å². The number of amides is 1. The van der Waals surface area contributed by atoms with Crippen molar-refractivity contribution in [1.29, 1.82) is 0 Å². The Morgan fingerprint density at radius 2 is 1.85 bits per heavy atom. The van der Waals surface area contributed by atoms with Crippen molar-refractivity contribution in [1.82, 2.24) is 14.8 Å². The van der Waals surface area contributed by atoms with Crippen LogP contribution in [0.2, 0.25) is 5.02 Å². The number of carbonyl (C=O) groups is 1. The van der Waals surface area contributed by atoms with Gasteiger partial charge in [0.1, 0.15) is 6.26 Å². The number of oxazole rings is 1. The molecule has 1 unspecified atom stereocenters. The quantitative estimate of drug-likeness (QED) is 0.681. The second kappa shape index (κ2) is 9.19. The predicted molar refractivity (Wildman–Crippen MR) is 104 cm³/mol. The number of aromatic nitrogens is 1. The Hall–Kier alpha value is -1.85. The third-order valence-corrected chi connectivity index (χ3v) is 5.02. The van der Waals surface area contributed by atoms with Crippen molar-refractivity contribution in [3.05, 3.63) is 52.7 Å². The molecule has 6 heteroatoms. The minimum Gasteiger partial charge on any atom is -0.447 e. The van der Waals surface area contributed by atoms with Crippen LogP contribution < -0.4 is 0 Å². The fourth-order valence-corrected chi connectivity index (χ4v) is 2.71. The molecule has 0 bridgehead atoms. The number of nitrogens with zero attached hydrogens (tertiary/aromatic N) is 3. The van der Waals surface area contributed by atoms with E-state index < -0.39 is 0 Å². The van der Waals surface area contributed by atoms with Crippen LogP contribution in [0.25, 0.3) is 0 Å². The van der Waals surface area contributed by atoms with Crippen LogP contribution in [-0.2, 0) is 13.1 Å². The maximum absolute atomic E-state index is 12.2. The maximum Gasteiger partial charge on any atom is 0.275 e. The van der Waals surface area contributed by atoms with E-state index in [0.29, 0.717) is 36.6 Å². The van der Waals surface area contributed by atoms with Gasteiger partial charge in [-0.1, -0.05) is 37.6 Å². The van der Waals surface area contributed by atoms with E-state index >= 15 is 0 Å². The molecule has 1 heterocycles. The molecule has 0 aliphatic heterocycles. The van der Waals surface area contributed by atoms with E-state index in [1.165, 1.54) is 11.8 Å². The van der Waals surface area contributed by atoms with E-state index in [1.54, 1.807) is 11.9 Å². The Morgan fingerprint density at radius 1 is 1.19 bits per heavy atom. The molecule has 1 aromatic heterocycles. The van der Waals surface area contributed by atoms with Crippen LogP contribution >= 0.6 is 11.6 Å². The zero-order valence-electron chi connectivity index (χ0n) is 16.2. The molecule has 2 rings (SSSR count). The highest BCUT2D eigenvalue weighted by atomic mass is 35.5. The topological polar surface area (TPSA) is 49.6 Å². The molecule has 5 nitrogen and oxygen atoms in total. The molecule has 142 valence electrons. The van der Waals surface area contributed by atoms with Crippen LogP contribution in [0.1, 0.15) is 49.6 Å². The summed E-state index contributed by atoms with van der Waals surface area (Å²) < 4.78 is 5.58. The van der Waals surface area contributed by atoms with Gasteiger partial charge >= 0.3 is 0 Å². The highest BCUT2D eigenvalue weighted by molar-refractivity contribution is 6.30. The monoisotopic (exact) mass is 377 g/mol. The van der Waals surface area contributed by atoms with Gasteiger partial charge in [-0.25, -0.2) is 4.98 Å². The van der Waals surface area contributed by atoms with Crippen molar-refractivity contribution in [2.75, 3.05) is 13.6 Å². The highest BCUT2D eigenvalue weighted by Crippen LogP contribution is 2.19. The first-order chi connectivity index (χ1) is 12.3. The van der Waals surface area contributed by atoms with E-state index in [1.807, 2.05) is 31.2 Å². The van der Waals surface area contributed by atoms with E-state index in [4.69, 9.17) is 16.0 Å². The standard InChI is InChI=1S/C20H28ClN3O2/c1-6-23(5)20(25)18-13-26-19(22-18)12-24(15(4)14(2)3)11-16-7-9-17(21)10-8-16/h7-10,13-15H,6,11-12H2,1-5H3. The fraction of sp³-hybridized carbons (Fsp3) is 0.500. The van der Waals surface area contributed by atoms with Gasteiger partial charge in [-0.2, -0.15) is 0 Å². The lowest BCUT2D eigenvalue weighted by Gasteiger charge is -2.30. The molecule has 0 saturated carbocycles. The van der Waals surface area contributed by atoms with E-state index in [9.17, 15) is 4.79 Å². The van der Waals surface area contributed by atoms with Crippen molar-refractivity contribution in [3.8, 4) is 0 Å². The Labute approximate surface area is 161 Å². The van der Waals surface area contributed by atoms with E-state index in [0.717, 1.165) is 11.6 Å². The van der Waals surface area contributed by atoms with Crippen molar-refractivity contribution in [2.45, 2.75) is 46.8 Å². The largest absolute Gasteiger partial charge is 0.447 e. The first-order valence-corrected chi connectivity index (χ1v) is 9.38. The number of hydrogen-bond acceptors (Lipinski definition) is 4. The fourth-order valence-electron chi connectivity index (χ4n) is 2.58. The molecule has 0 spiro atoms. The molecule has 1 amide bonds. The molecular weight excluding hydrogens is 350 g/mol. The zero-order chi connectivity index (χ0) is 19.3. The van der Waals surface area contributed by atoms with Crippen LogP contribution in [0, 0.1) is 5.92 Å². The van der Waals surface area contributed by atoms with Crippen LogP contribution in [0.3, 0.4) is 0 Å². The van der Waals surface area contributed by atoms with Crippen molar-refractivity contribution in [3.63, 3.8) is 0 Å². The molecule has 0 aliphatic carbocycles. The van der Waals surface area contributed by atoms with Gasteiger partial charge in [0, 0.05) is 31.2 Å². The third kappa shape index (κ3) is 5.32. The summed E-state index contributed by atoms with van der Waals surface area (Å²) >= 11 is 5.99. The lowest BCUT2D eigenvalue weighted by molar-refractivity contribution is 0.0796. The van der Waals surface area contributed by atoms with Crippen LogP contribution in [0.15, 0.2) is 34.9 Å². The summed E-state index contributed by atoms with van der Waals surface area (Å²) in [5, 5.41) is 0.730. The average Bonchev–Trinajstić information content (AvgIpc) is 3.09. The number of halogens is 1. The minimum atomic E-state index is -0.122. The molecule has 1 aromatic carbocycles. The third-order valence-electron chi connectivity index (χ3n) is 4.77. The summed E-state index contributed by atoms with van der Waals surface area (Å²) in [5.74, 6) is 0.910. The molecule has 0 N–H and O–H groups in total. The first-order valence-electron chi connectivity index (χ1n) is 9.00. The number of hydrogen-bond donors (Lipinski definition) is 0. The van der Waals surface area contributed by atoms with Crippen LogP contribution in [-0.4, -0.2) is 40.3 Å². The molecule has 0 radical (unpaired) electrons. The van der Waals surface area contributed by atoms with Gasteiger partial charge in [-0.05, 0) is 37.5 Å². The Kier molecular flexibility index (Phi) is 7.23. The summed E-state index contributed by atoms with van der Waals surface area (Å²) in [5.41, 5.74) is 1.53. The molecular formula is C20H28ClN3O2. The number of benzene rings is 1. The minimum absolute atomic E-state index is 0.122. The lowest BCUT2D eigenvalue weighted by Crippen LogP contribution is -2.36. The number of rotatable bonds is 8. The lowest BCUT2D eigenvalue weighted by atomic mass is 10.0. The Balaban J connectivity index is 2.15. The van der Waals surface area contributed by atoms with Crippen molar-refractivity contribution in [2.24, 2.45) is 5.92 Å². The Bertz CT molecular complexity index is 712. The molecule has 0 fully saturated rings. The molecule has 0 aliphatic rings. The van der Waals surface area contributed by atoms with E-state index in [2.05, 4.69) is 30.7 Å². The summed E-state index contributed by atoms with van der Waals surface area (Å²) in [6.07, 6.45) is 1.45. The second-order valence-electron chi connectivity index (χ2n) is 6.96. The smallest absolute Gasteiger partial charge is 0.275 e. The summed E-state index contributed by atoms with van der Waals surface area (Å²) in [6, 6.07) is 8.19. The van der Waals surface area contributed by atoms with Crippen molar-refractivity contribution < 1.29 is 9.21 Å². The first kappa shape index (κ1) is 20.5. The molecule has 0 saturated heterocycles. The van der Waals surface area contributed by atoms with Crippen LogP contribution in [0.4, 0.5) is 0 Å². The summed E-state index contributed by atoms with van der Waals surface area (Å²) in [7, 11) is 1.75. The van der Waals surface area contributed by atoms with Gasteiger partial charge in [0.15, 0.2) is 5.69 Å². The van der Waals surface area contributed by atoms with Gasteiger partial charge < -0.3 is 9.32 Å². The molecule has 26 heavy (non-hydrogen) atoms. The van der Waals surface area contributed by atoms with Crippen LogP contribution in [0.5, 0.6) is 0 Å². The Morgan fingerprint density at radius 3 is 2.42 bits per heavy atom. The van der Waals surface area contributed by atoms with Gasteiger partial charge in [0.05, 0.1) is 6.54 Å². The predicted octanol–water partition coefficient (Wildman–Crippen LogP) is 4.47. The van der Waals surface area contributed by atoms with Gasteiger partial charge in [-0.3, -0.25) is 9.69 Å². The zero-order valence-corrected chi connectivity index (χ0v) is 17.0. The van der Waals surface area contributed by atoms with Gasteiger partial charge in [-0.15, -0.1) is 0 Å². The summed E-state index contributed by atoms with van der Waals surface area (Å²) in [4.78, 5) is 20.5. The highest BCUT2D eigenvalue weighted by Gasteiger charge is 2.22. The maximum atomic E-state index is 12.2. The van der Waals surface area contributed by atoms with Crippen molar-refractivity contribution >= 4 is 17.5 Å². The molecule has 2 aromatic rings. The number of carbonyl (C=O) groups excluding carboxylic acids is 1. The second-order valence-corrected chi connectivity index (χ2v) is 7.40. The average molecular weight is 378 g/mol. The van der Waals surface area contributed by atoms with Gasteiger partial charge in [0.2, 0.25) is 5.89 Å². The normalized spacial score (nSPS) is 12.6. The SMILES string of the molecule is CCN(C)C(=O)c1coc(CN(Cc2ccc(Cl)cc2)C(C)C(C)C)n1. The van der Waals surface area contributed by atoms with Gasteiger partial charge in [0.25, 0.3) is 5.91 Å². The molecule has 1 atom stereocenters.